The van der Waals surface area contributed by atoms with Crippen LogP contribution in [0.25, 0.3) is 10.9 Å². The topological polar surface area (TPSA) is 42.4 Å². The summed E-state index contributed by atoms with van der Waals surface area (Å²) in [6.07, 6.45) is -0.430. The Balaban J connectivity index is 2.55. The molecule has 0 aliphatic rings. The number of fused-ring (bicyclic) bond motifs is 1. The summed E-state index contributed by atoms with van der Waals surface area (Å²) in [5.41, 5.74) is 2.49. The second kappa shape index (κ2) is 6.41. The molecule has 0 bridgehead atoms. The van der Waals surface area contributed by atoms with Crippen LogP contribution in [0, 0.1) is 0 Å². The highest BCUT2D eigenvalue weighted by molar-refractivity contribution is 6.32. The average molecular weight is 307 g/mol. The zero-order chi connectivity index (χ0) is 15.6. The molecule has 5 heteroatoms. The molecular weight excluding hydrogens is 288 g/mol. The molecule has 1 atom stereocenters. The third-order valence-corrected chi connectivity index (χ3v) is 3.46. The van der Waals surface area contributed by atoms with E-state index in [1.54, 1.807) is 0 Å². The van der Waals surface area contributed by atoms with Gasteiger partial charge in [-0.1, -0.05) is 23.7 Å². The molecule has 112 valence electrons. The number of carbonyl (C=O) groups excluding carboxylic acids is 1. The minimum absolute atomic E-state index is 0.333. The van der Waals surface area contributed by atoms with Crippen molar-refractivity contribution in [3.05, 3.63) is 40.5 Å². The number of rotatable bonds is 4. The van der Waals surface area contributed by atoms with E-state index in [0.29, 0.717) is 5.02 Å². The monoisotopic (exact) mass is 306 g/mol. The van der Waals surface area contributed by atoms with Crippen LogP contribution in [0.1, 0.15) is 31.2 Å². The van der Waals surface area contributed by atoms with Crippen molar-refractivity contribution < 1.29 is 9.53 Å². The Kier molecular flexibility index (Phi) is 4.80. The van der Waals surface area contributed by atoms with E-state index in [9.17, 15) is 4.79 Å². The summed E-state index contributed by atoms with van der Waals surface area (Å²) < 4.78 is 5.27. The number of pyridine rings is 1. The average Bonchev–Trinajstić information content (AvgIpc) is 2.36. The van der Waals surface area contributed by atoms with Gasteiger partial charge in [-0.05, 0) is 33.2 Å². The van der Waals surface area contributed by atoms with Crippen LogP contribution in [0.4, 0.5) is 0 Å². The van der Waals surface area contributed by atoms with Crippen LogP contribution in [0.15, 0.2) is 24.3 Å². The molecule has 0 N–H and O–H groups in total. The van der Waals surface area contributed by atoms with Crippen molar-refractivity contribution >= 4 is 28.5 Å². The summed E-state index contributed by atoms with van der Waals surface area (Å²) >= 11 is 6.30. The van der Waals surface area contributed by atoms with Crippen LogP contribution >= 0.6 is 11.6 Å². The molecule has 2 aromatic rings. The number of hydrogen-bond acceptors (Lipinski definition) is 4. The van der Waals surface area contributed by atoms with Crippen molar-refractivity contribution in [2.45, 2.75) is 26.5 Å². The van der Waals surface area contributed by atoms with Gasteiger partial charge in [0.15, 0.2) is 0 Å². The second-order valence-corrected chi connectivity index (χ2v) is 5.73. The van der Waals surface area contributed by atoms with Crippen LogP contribution in [0.2, 0.25) is 5.02 Å². The largest absolute Gasteiger partial charge is 0.458 e. The summed E-state index contributed by atoms with van der Waals surface area (Å²) in [6.45, 7) is 3.94. The Labute approximate surface area is 129 Å². The van der Waals surface area contributed by atoms with E-state index in [-0.39, 0.29) is 5.97 Å². The first kappa shape index (κ1) is 15.7. The molecule has 4 nitrogen and oxygen atoms in total. The van der Waals surface area contributed by atoms with Gasteiger partial charge in [0.25, 0.3) is 0 Å². The quantitative estimate of drug-likeness (QED) is 0.810. The van der Waals surface area contributed by atoms with Crippen LogP contribution in [0.3, 0.4) is 0 Å². The molecule has 0 spiro atoms. The van der Waals surface area contributed by atoms with Gasteiger partial charge in [-0.15, -0.1) is 0 Å². The van der Waals surface area contributed by atoms with E-state index in [2.05, 4.69) is 4.98 Å². The number of benzene rings is 1. The zero-order valence-corrected chi connectivity index (χ0v) is 13.4. The van der Waals surface area contributed by atoms with Crippen LogP contribution in [-0.4, -0.2) is 29.9 Å². The molecule has 1 aromatic carbocycles. The lowest BCUT2D eigenvalue weighted by molar-refractivity contribution is -0.145. The molecule has 0 aliphatic carbocycles. The molecule has 0 amide bonds. The van der Waals surface area contributed by atoms with Crippen molar-refractivity contribution in [1.29, 1.82) is 0 Å². The normalized spacial score (nSPS) is 12.7. The highest BCUT2D eigenvalue weighted by Crippen LogP contribution is 2.32. The third-order valence-electron chi connectivity index (χ3n) is 3.13. The van der Waals surface area contributed by atoms with Gasteiger partial charge in [-0.3, -0.25) is 9.78 Å². The van der Waals surface area contributed by atoms with Gasteiger partial charge in [0.2, 0.25) is 0 Å². The Morgan fingerprint density at radius 1 is 1.33 bits per heavy atom. The van der Waals surface area contributed by atoms with Gasteiger partial charge < -0.3 is 9.64 Å². The Morgan fingerprint density at radius 3 is 2.62 bits per heavy atom. The van der Waals surface area contributed by atoms with E-state index in [1.165, 1.54) is 6.92 Å². The second-order valence-electron chi connectivity index (χ2n) is 5.32. The van der Waals surface area contributed by atoms with Gasteiger partial charge in [0, 0.05) is 29.4 Å². The van der Waals surface area contributed by atoms with E-state index >= 15 is 0 Å². The SMILES string of the molecule is CC(=O)OC(C)c1c(Cl)ccc2ccc(CN(C)C)nc12. The maximum atomic E-state index is 11.2. The fraction of sp³-hybridized carbons (Fsp3) is 0.375. The lowest BCUT2D eigenvalue weighted by Gasteiger charge is -2.17. The summed E-state index contributed by atoms with van der Waals surface area (Å²) in [5, 5.41) is 1.54. The third kappa shape index (κ3) is 3.71. The Morgan fingerprint density at radius 2 is 2.00 bits per heavy atom. The molecule has 1 aromatic heterocycles. The van der Waals surface area contributed by atoms with Crippen LogP contribution < -0.4 is 0 Å². The van der Waals surface area contributed by atoms with Gasteiger partial charge in [-0.25, -0.2) is 0 Å². The zero-order valence-electron chi connectivity index (χ0n) is 12.7. The van der Waals surface area contributed by atoms with Crippen molar-refractivity contribution in [3.63, 3.8) is 0 Å². The highest BCUT2D eigenvalue weighted by Gasteiger charge is 2.17. The lowest BCUT2D eigenvalue weighted by Crippen LogP contribution is -2.12. The van der Waals surface area contributed by atoms with E-state index in [1.807, 2.05) is 50.2 Å². The molecule has 2 rings (SSSR count). The van der Waals surface area contributed by atoms with Crippen molar-refractivity contribution in [2.75, 3.05) is 14.1 Å². The molecule has 1 heterocycles. The molecule has 1 unspecified atom stereocenters. The summed E-state index contributed by atoms with van der Waals surface area (Å²) in [7, 11) is 3.98. The van der Waals surface area contributed by atoms with E-state index in [4.69, 9.17) is 16.3 Å². The number of halogens is 1. The molecule has 0 saturated carbocycles. The first-order chi connectivity index (χ1) is 9.88. The number of ether oxygens (including phenoxy) is 1. The molecule has 0 fully saturated rings. The Hall–Kier alpha value is -1.65. The molecule has 0 radical (unpaired) electrons. The van der Waals surface area contributed by atoms with Crippen LogP contribution in [0.5, 0.6) is 0 Å². The van der Waals surface area contributed by atoms with Gasteiger partial charge in [0.1, 0.15) is 6.10 Å². The molecule has 0 aliphatic heterocycles. The number of carbonyl (C=O) groups is 1. The molecule has 21 heavy (non-hydrogen) atoms. The number of esters is 1. The van der Waals surface area contributed by atoms with E-state index < -0.39 is 6.10 Å². The van der Waals surface area contributed by atoms with Crippen molar-refractivity contribution in [1.82, 2.24) is 9.88 Å². The first-order valence-corrected chi connectivity index (χ1v) is 7.16. The fourth-order valence-corrected chi connectivity index (χ4v) is 2.64. The predicted octanol–water partition coefficient (Wildman–Crippen LogP) is 3.57. The summed E-state index contributed by atoms with van der Waals surface area (Å²) in [6, 6.07) is 7.75. The van der Waals surface area contributed by atoms with Gasteiger partial charge in [-0.2, -0.15) is 0 Å². The van der Waals surface area contributed by atoms with Gasteiger partial charge in [0.05, 0.1) is 11.2 Å². The van der Waals surface area contributed by atoms with Gasteiger partial charge >= 0.3 is 5.97 Å². The Bertz CT molecular complexity index is 671. The maximum Gasteiger partial charge on any atom is 0.303 e. The summed E-state index contributed by atoms with van der Waals surface area (Å²) in [5.74, 6) is -0.333. The maximum absolute atomic E-state index is 11.2. The lowest BCUT2D eigenvalue weighted by atomic mass is 10.0. The van der Waals surface area contributed by atoms with E-state index in [0.717, 1.165) is 28.7 Å². The summed E-state index contributed by atoms with van der Waals surface area (Å²) in [4.78, 5) is 17.9. The first-order valence-electron chi connectivity index (χ1n) is 6.78. The molecular formula is C16H19ClN2O2. The smallest absolute Gasteiger partial charge is 0.303 e. The van der Waals surface area contributed by atoms with Crippen molar-refractivity contribution in [2.24, 2.45) is 0 Å². The number of aromatic nitrogens is 1. The van der Waals surface area contributed by atoms with Crippen LogP contribution in [-0.2, 0) is 16.1 Å². The van der Waals surface area contributed by atoms with Crippen molar-refractivity contribution in [3.8, 4) is 0 Å². The fourth-order valence-electron chi connectivity index (χ4n) is 2.33. The molecule has 0 saturated heterocycles. The highest BCUT2D eigenvalue weighted by atomic mass is 35.5. The standard InChI is InChI=1S/C16H19ClN2O2/c1-10(21-11(2)20)15-14(17)8-6-12-5-7-13(9-19(3)4)18-16(12)15/h5-8,10H,9H2,1-4H3. The number of nitrogens with zero attached hydrogens (tertiary/aromatic N) is 2. The number of hydrogen-bond donors (Lipinski definition) is 0. The minimum atomic E-state index is -0.430. The predicted molar refractivity (Wildman–Crippen MR) is 84.3 cm³/mol. The minimum Gasteiger partial charge on any atom is -0.458 e.